The van der Waals surface area contributed by atoms with Crippen molar-refractivity contribution in [2.24, 2.45) is 0 Å². The fourth-order valence-corrected chi connectivity index (χ4v) is 2.35. The van der Waals surface area contributed by atoms with Crippen LogP contribution in [0.1, 0.15) is 27.0 Å². The zero-order valence-corrected chi connectivity index (χ0v) is 13.0. The maximum absolute atomic E-state index is 11.6. The number of hydrogen-bond acceptors (Lipinski definition) is 4. The summed E-state index contributed by atoms with van der Waals surface area (Å²) < 4.78 is 10.1. The zero-order chi connectivity index (χ0) is 16.8. The molecule has 0 aliphatic carbocycles. The molecule has 1 heterocycles. The lowest BCUT2D eigenvalue weighted by molar-refractivity contribution is 0.0535. The van der Waals surface area contributed by atoms with Crippen LogP contribution in [0.5, 0.6) is 0 Å². The molecule has 1 aliphatic rings. The molecule has 0 saturated heterocycles. The van der Waals surface area contributed by atoms with Gasteiger partial charge in [0.05, 0.1) is 5.56 Å². The predicted molar refractivity (Wildman–Crippen MR) is 89.2 cm³/mol. The van der Waals surface area contributed by atoms with Crippen molar-refractivity contribution in [1.82, 2.24) is 5.32 Å². The van der Waals surface area contributed by atoms with Gasteiger partial charge in [-0.25, -0.2) is 9.59 Å². The first-order valence-electron chi connectivity index (χ1n) is 7.63. The number of ether oxygens (including phenoxy) is 2. The molecule has 2 aromatic carbocycles. The van der Waals surface area contributed by atoms with Gasteiger partial charge >= 0.3 is 12.1 Å². The first kappa shape index (κ1) is 15.8. The number of benzene rings is 2. The third-order valence-electron chi connectivity index (χ3n) is 3.60. The van der Waals surface area contributed by atoms with Crippen LogP contribution in [0.15, 0.2) is 54.6 Å². The summed E-state index contributed by atoms with van der Waals surface area (Å²) in [4.78, 5) is 23.1. The molecule has 5 nitrogen and oxygen atoms in total. The first-order valence-corrected chi connectivity index (χ1v) is 7.63. The van der Waals surface area contributed by atoms with Gasteiger partial charge < -0.3 is 14.8 Å². The zero-order valence-electron chi connectivity index (χ0n) is 13.0. The fourth-order valence-electron chi connectivity index (χ4n) is 2.35. The van der Waals surface area contributed by atoms with Crippen molar-refractivity contribution in [1.29, 1.82) is 0 Å². The van der Waals surface area contributed by atoms with E-state index in [-0.39, 0.29) is 12.6 Å². The maximum atomic E-state index is 11.6. The highest BCUT2D eigenvalue weighted by Gasteiger charge is 2.20. The first-order chi connectivity index (χ1) is 11.7. The topological polar surface area (TPSA) is 64.6 Å². The van der Waals surface area contributed by atoms with Gasteiger partial charge in [0, 0.05) is 12.1 Å². The van der Waals surface area contributed by atoms with Crippen LogP contribution < -0.4 is 5.32 Å². The van der Waals surface area contributed by atoms with Crippen LogP contribution in [0.4, 0.5) is 4.79 Å². The van der Waals surface area contributed by atoms with E-state index in [0.717, 1.165) is 16.7 Å². The van der Waals surface area contributed by atoms with Crippen molar-refractivity contribution in [2.75, 3.05) is 6.54 Å². The molecule has 5 heteroatoms. The quantitative estimate of drug-likeness (QED) is 0.858. The van der Waals surface area contributed by atoms with Gasteiger partial charge in [0.1, 0.15) is 13.2 Å². The average Bonchev–Trinajstić information content (AvgIpc) is 2.98. The Balaban J connectivity index is 1.44. The number of alkyl carbamates (subject to hydrolysis) is 1. The molecular weight excluding hydrogens is 306 g/mol. The number of hydrogen-bond donors (Lipinski definition) is 1. The van der Waals surface area contributed by atoms with E-state index in [2.05, 4.69) is 5.32 Å². The Labute approximate surface area is 139 Å². The number of fused-ring (bicyclic) bond motifs is 1. The number of carbonyl (C=O) groups is 2. The smallest absolute Gasteiger partial charge is 0.407 e. The van der Waals surface area contributed by atoms with Gasteiger partial charge in [0.15, 0.2) is 0 Å². The summed E-state index contributed by atoms with van der Waals surface area (Å²) in [6, 6.07) is 15.1. The van der Waals surface area contributed by atoms with E-state index in [4.69, 9.17) is 9.47 Å². The van der Waals surface area contributed by atoms with Gasteiger partial charge in [-0.05, 0) is 17.2 Å². The molecule has 24 heavy (non-hydrogen) atoms. The molecule has 0 aromatic heterocycles. The largest absolute Gasteiger partial charge is 0.457 e. The Morgan fingerprint density at radius 3 is 2.88 bits per heavy atom. The average molecular weight is 323 g/mol. The highest BCUT2D eigenvalue weighted by Crippen LogP contribution is 2.21. The molecule has 3 rings (SSSR count). The minimum atomic E-state index is -0.471. The molecule has 1 amide bonds. The van der Waals surface area contributed by atoms with Gasteiger partial charge in [0.2, 0.25) is 0 Å². The third-order valence-corrected chi connectivity index (χ3v) is 3.60. The minimum absolute atomic E-state index is 0.239. The van der Waals surface area contributed by atoms with Gasteiger partial charge in [-0.2, -0.15) is 0 Å². The second-order valence-electron chi connectivity index (χ2n) is 5.34. The molecule has 0 spiro atoms. The van der Waals surface area contributed by atoms with Crippen molar-refractivity contribution in [3.8, 4) is 0 Å². The van der Waals surface area contributed by atoms with Gasteiger partial charge in [-0.1, -0.05) is 54.6 Å². The van der Waals surface area contributed by atoms with Crippen molar-refractivity contribution < 1.29 is 19.1 Å². The van der Waals surface area contributed by atoms with Crippen LogP contribution in [-0.2, 0) is 22.7 Å². The summed E-state index contributed by atoms with van der Waals surface area (Å²) in [7, 11) is 0. The van der Waals surface area contributed by atoms with Crippen LogP contribution in [0.25, 0.3) is 6.08 Å². The molecule has 2 aromatic rings. The molecule has 0 atom stereocenters. The summed E-state index contributed by atoms with van der Waals surface area (Å²) in [5, 5.41) is 2.64. The van der Waals surface area contributed by atoms with Crippen LogP contribution in [0.2, 0.25) is 0 Å². The number of esters is 1. The molecule has 1 N–H and O–H groups in total. The minimum Gasteiger partial charge on any atom is -0.457 e. The van der Waals surface area contributed by atoms with E-state index >= 15 is 0 Å². The second-order valence-corrected chi connectivity index (χ2v) is 5.34. The van der Waals surface area contributed by atoms with Crippen LogP contribution >= 0.6 is 0 Å². The van der Waals surface area contributed by atoms with Crippen molar-refractivity contribution >= 4 is 18.1 Å². The Bertz CT molecular complexity index is 768. The van der Waals surface area contributed by atoms with Crippen molar-refractivity contribution in [3.05, 3.63) is 76.9 Å². The number of carbonyl (C=O) groups excluding carboxylic acids is 2. The number of amides is 1. The van der Waals surface area contributed by atoms with Gasteiger partial charge in [0.25, 0.3) is 0 Å². The molecule has 122 valence electrons. The van der Waals surface area contributed by atoms with Crippen LogP contribution in [0, 0.1) is 0 Å². The Hall–Kier alpha value is -3.08. The summed E-state index contributed by atoms with van der Waals surface area (Å²) >= 11 is 0. The lowest BCUT2D eigenvalue weighted by Gasteiger charge is -2.05. The monoisotopic (exact) mass is 323 g/mol. The fraction of sp³-hybridized carbons (Fsp3) is 0.158. The van der Waals surface area contributed by atoms with Crippen molar-refractivity contribution in [3.63, 3.8) is 0 Å². The van der Waals surface area contributed by atoms with Crippen molar-refractivity contribution in [2.45, 2.75) is 13.2 Å². The van der Waals surface area contributed by atoms with E-state index in [1.807, 2.05) is 48.5 Å². The van der Waals surface area contributed by atoms with E-state index in [9.17, 15) is 9.59 Å². The lowest BCUT2D eigenvalue weighted by Crippen LogP contribution is -2.24. The Morgan fingerprint density at radius 2 is 2.04 bits per heavy atom. The predicted octanol–water partition coefficient (Wildman–Crippen LogP) is 3.30. The lowest BCUT2D eigenvalue weighted by atomic mass is 10.1. The van der Waals surface area contributed by atoms with Gasteiger partial charge in [-0.15, -0.1) is 0 Å². The van der Waals surface area contributed by atoms with Gasteiger partial charge in [-0.3, -0.25) is 0 Å². The highest BCUT2D eigenvalue weighted by atomic mass is 16.5. The highest BCUT2D eigenvalue weighted by molar-refractivity contribution is 5.94. The Morgan fingerprint density at radius 1 is 1.21 bits per heavy atom. The molecular formula is C19H17NO4. The van der Waals surface area contributed by atoms with Crippen LogP contribution in [0.3, 0.4) is 0 Å². The summed E-state index contributed by atoms with van der Waals surface area (Å²) in [5.41, 5.74) is 3.33. The standard InChI is InChI=1S/C19H17NO4/c21-18-17-11-14(8-9-16(17)13-23-18)7-4-10-20-19(22)24-12-15-5-2-1-3-6-15/h1-9,11H,10,12-13H2,(H,20,22). The summed E-state index contributed by atoms with van der Waals surface area (Å²) in [6.07, 6.45) is 3.16. The SMILES string of the molecule is O=C(NCC=Cc1ccc2c(c1)C(=O)OC2)OCc1ccccc1. The van der Waals surface area contributed by atoms with Crippen LogP contribution in [-0.4, -0.2) is 18.6 Å². The van der Waals surface area contributed by atoms with E-state index in [0.29, 0.717) is 18.7 Å². The summed E-state index contributed by atoms with van der Waals surface area (Å²) in [5.74, 6) is -0.289. The summed E-state index contributed by atoms with van der Waals surface area (Å²) in [6.45, 7) is 0.922. The van der Waals surface area contributed by atoms with E-state index in [1.54, 1.807) is 12.1 Å². The maximum Gasteiger partial charge on any atom is 0.407 e. The molecule has 0 bridgehead atoms. The molecule has 1 aliphatic heterocycles. The number of cyclic esters (lactones) is 1. The second kappa shape index (κ2) is 7.46. The van der Waals surface area contributed by atoms with E-state index < -0.39 is 6.09 Å². The normalized spacial score (nSPS) is 12.8. The van der Waals surface area contributed by atoms with E-state index in [1.165, 1.54) is 0 Å². The third kappa shape index (κ3) is 4.01. The number of nitrogens with one attached hydrogen (secondary N) is 1. The molecule has 0 unspecified atom stereocenters. The Kier molecular flexibility index (Phi) is 4.91. The molecule has 0 saturated carbocycles. The number of rotatable bonds is 5. The molecule has 0 fully saturated rings. The molecule has 0 radical (unpaired) electrons.